The van der Waals surface area contributed by atoms with Crippen LogP contribution in [0, 0.1) is 12.3 Å². The van der Waals surface area contributed by atoms with Gasteiger partial charge in [0.15, 0.2) is 0 Å². The fourth-order valence-electron chi connectivity index (χ4n) is 3.97. The summed E-state index contributed by atoms with van der Waals surface area (Å²) in [5.41, 5.74) is 4.05. The maximum absolute atomic E-state index is 6.53. The number of rotatable bonds is 2. The summed E-state index contributed by atoms with van der Waals surface area (Å²) in [4.78, 5) is 5.90. The Labute approximate surface area is 183 Å². The van der Waals surface area contributed by atoms with Gasteiger partial charge in [-0.05, 0) is 48.7 Å². The summed E-state index contributed by atoms with van der Waals surface area (Å²) in [5.74, 6) is 0. The molecule has 0 N–H and O–H groups in total. The third-order valence-corrected chi connectivity index (χ3v) is 7.05. The molecule has 0 aliphatic heterocycles. The first-order chi connectivity index (χ1) is 14.2. The first-order valence-electron chi connectivity index (χ1n) is 10.1. The average molecular weight is 405 g/mol. The second-order valence-corrected chi connectivity index (χ2v) is 10.3. The van der Waals surface area contributed by atoms with E-state index in [2.05, 4.69) is 36.2 Å². The zero-order valence-corrected chi connectivity index (χ0v) is 18.4. The van der Waals surface area contributed by atoms with Gasteiger partial charge in [0, 0.05) is 37.5 Å². The van der Waals surface area contributed by atoms with E-state index in [0.717, 1.165) is 44.1 Å². The summed E-state index contributed by atoms with van der Waals surface area (Å²) in [5, 5.41) is 2.39. The van der Waals surface area contributed by atoms with Crippen LogP contribution in [-0.2, 0) is 5.21 Å². The van der Waals surface area contributed by atoms with E-state index in [-0.39, 0.29) is 5.41 Å². The van der Waals surface area contributed by atoms with E-state index in [1.165, 1.54) is 9.58 Å². The molecule has 0 atom stereocenters. The number of para-hydroxylation sites is 1. The van der Waals surface area contributed by atoms with Gasteiger partial charge in [0.1, 0.15) is 11.2 Å². The quantitative estimate of drug-likeness (QED) is 0.305. The Morgan fingerprint density at radius 3 is 2.43 bits per heavy atom. The molecule has 0 bridgehead atoms. The molecule has 0 saturated carbocycles. The molecule has 5 aromatic rings. The Morgan fingerprint density at radius 1 is 0.900 bits per heavy atom. The fourth-order valence-corrected chi connectivity index (χ4v) is 4.89. The highest BCUT2D eigenvalue weighted by atomic mass is 32.1. The van der Waals surface area contributed by atoms with Crippen molar-refractivity contribution in [1.82, 2.24) is 4.98 Å². The van der Waals surface area contributed by atoms with Crippen LogP contribution in [0.2, 0.25) is 0 Å². The van der Waals surface area contributed by atoms with Crippen LogP contribution in [-0.4, -0.2) is 20.7 Å². The summed E-state index contributed by atoms with van der Waals surface area (Å²) in [6.45, 7) is 8.25. The molecular formula is C25H21B2NOS. The van der Waals surface area contributed by atoms with Gasteiger partial charge >= 0.3 is 0 Å². The van der Waals surface area contributed by atoms with E-state index in [4.69, 9.17) is 20.1 Å². The lowest BCUT2D eigenvalue weighted by molar-refractivity contribution is 0.358. The molecule has 0 aliphatic carbocycles. The van der Waals surface area contributed by atoms with E-state index >= 15 is 0 Å². The lowest BCUT2D eigenvalue weighted by atomic mass is 9.41. The normalized spacial score (nSPS) is 12.9. The van der Waals surface area contributed by atoms with Gasteiger partial charge in [0.2, 0.25) is 0 Å². The van der Waals surface area contributed by atoms with Crippen LogP contribution in [0.4, 0.5) is 0 Å². The van der Waals surface area contributed by atoms with Crippen LogP contribution in [0.25, 0.3) is 43.3 Å². The first kappa shape index (κ1) is 19.4. The van der Waals surface area contributed by atoms with Gasteiger partial charge in [-0.3, -0.25) is 4.98 Å². The Kier molecular flexibility index (Phi) is 4.20. The van der Waals surface area contributed by atoms with E-state index in [1.54, 1.807) is 17.5 Å². The van der Waals surface area contributed by atoms with Crippen LogP contribution in [0.3, 0.4) is 0 Å². The van der Waals surface area contributed by atoms with Crippen molar-refractivity contribution in [3.05, 3.63) is 65.2 Å². The van der Waals surface area contributed by atoms with Gasteiger partial charge in [-0.1, -0.05) is 43.7 Å². The number of thiophene rings is 1. The number of benzene rings is 2. The van der Waals surface area contributed by atoms with Crippen LogP contribution < -0.4 is 0 Å². The highest BCUT2D eigenvalue weighted by Crippen LogP contribution is 2.41. The number of aromatic nitrogens is 1. The summed E-state index contributed by atoms with van der Waals surface area (Å²) in [6.07, 6.45) is 1.77. The third-order valence-electron chi connectivity index (χ3n) is 6.04. The Hall–Kier alpha value is -2.52. The van der Waals surface area contributed by atoms with E-state index in [1.807, 2.05) is 45.0 Å². The van der Waals surface area contributed by atoms with Gasteiger partial charge in [0.25, 0.3) is 0 Å². The van der Waals surface area contributed by atoms with Crippen LogP contribution >= 0.6 is 11.3 Å². The van der Waals surface area contributed by atoms with Gasteiger partial charge in [-0.2, -0.15) is 0 Å². The largest absolute Gasteiger partial charge is 0.455 e. The zero-order chi connectivity index (χ0) is 21.3. The lowest BCUT2D eigenvalue weighted by Gasteiger charge is -2.40. The molecule has 0 saturated heterocycles. The Bertz CT molecular complexity index is 1420. The number of furan rings is 1. The number of hydrogen-bond donors (Lipinski definition) is 0. The molecule has 0 aliphatic rings. The predicted molar refractivity (Wildman–Crippen MR) is 130 cm³/mol. The molecule has 3 heterocycles. The van der Waals surface area contributed by atoms with Crippen molar-refractivity contribution in [3.63, 3.8) is 0 Å². The van der Waals surface area contributed by atoms with Crippen molar-refractivity contribution in [2.45, 2.75) is 32.9 Å². The van der Waals surface area contributed by atoms with Crippen molar-refractivity contribution in [2.75, 3.05) is 0 Å². The molecule has 0 amide bonds. The Balaban J connectivity index is 1.76. The molecule has 30 heavy (non-hydrogen) atoms. The van der Waals surface area contributed by atoms with E-state index < -0.39 is 5.21 Å². The molecule has 2 aromatic carbocycles. The predicted octanol–water partition coefficient (Wildman–Crippen LogP) is 6.71. The molecular weight excluding hydrogens is 384 g/mol. The fraction of sp³-hybridized carbons (Fsp3) is 0.240. The van der Waals surface area contributed by atoms with Gasteiger partial charge < -0.3 is 4.42 Å². The van der Waals surface area contributed by atoms with E-state index in [0.29, 0.717) is 0 Å². The Morgan fingerprint density at radius 2 is 1.67 bits per heavy atom. The summed E-state index contributed by atoms with van der Waals surface area (Å²) in [7, 11) is 13.1. The molecule has 2 nitrogen and oxygen atoms in total. The first-order valence-corrected chi connectivity index (χ1v) is 10.9. The van der Waals surface area contributed by atoms with Gasteiger partial charge in [-0.15, -0.1) is 11.3 Å². The van der Waals surface area contributed by atoms with Crippen molar-refractivity contribution >= 4 is 59.1 Å². The molecule has 3 aromatic heterocycles. The summed E-state index contributed by atoms with van der Waals surface area (Å²) >= 11 is 1.78. The molecule has 0 fully saturated rings. The number of fused-ring (bicyclic) bond motifs is 5. The minimum Gasteiger partial charge on any atom is -0.455 e. The number of pyridine rings is 1. The number of aryl methyl sites for hydroxylation is 1. The number of hydrogen-bond acceptors (Lipinski definition) is 3. The topological polar surface area (TPSA) is 26.0 Å². The highest BCUT2D eigenvalue weighted by molar-refractivity contribution is 7.19. The van der Waals surface area contributed by atoms with Gasteiger partial charge in [0.05, 0.1) is 21.4 Å². The van der Waals surface area contributed by atoms with Crippen LogP contribution in [0.1, 0.15) is 31.2 Å². The lowest BCUT2D eigenvalue weighted by Crippen LogP contribution is -2.41. The summed E-state index contributed by atoms with van der Waals surface area (Å²) < 4.78 is 7.70. The molecule has 0 unspecified atom stereocenters. The smallest absolute Gasteiger partial charge is 0.144 e. The second-order valence-electron chi connectivity index (χ2n) is 9.04. The average Bonchev–Trinajstić information content (AvgIpc) is 3.26. The number of nitrogens with zero attached hydrogens (tertiary/aromatic N) is 1. The standard InChI is InChI=1S/C25H21B2NOS/c1-14-12-19-21(30-14)9-8-17-16-6-5-7-18(22(16)29-23(17)19)20-13-15(10-11-28-20)25(26,27)24(2,3)4/h5-13H,1-4H3. The SMILES string of the molecule is [B]C([B])(c1ccnc(-c2cccc3c2oc2c4cc(C)sc4ccc32)c1)C(C)(C)C. The highest BCUT2D eigenvalue weighted by Gasteiger charge is 2.33. The van der Waals surface area contributed by atoms with Crippen molar-refractivity contribution in [1.29, 1.82) is 0 Å². The maximum atomic E-state index is 6.53. The van der Waals surface area contributed by atoms with Crippen molar-refractivity contribution < 1.29 is 4.42 Å². The minimum absolute atomic E-state index is 0.306. The van der Waals surface area contributed by atoms with Crippen LogP contribution in [0.15, 0.2) is 59.1 Å². The van der Waals surface area contributed by atoms with Crippen molar-refractivity contribution in [2.24, 2.45) is 5.41 Å². The second kappa shape index (κ2) is 6.49. The van der Waals surface area contributed by atoms with Crippen molar-refractivity contribution in [3.8, 4) is 11.3 Å². The van der Waals surface area contributed by atoms with E-state index in [9.17, 15) is 0 Å². The zero-order valence-electron chi connectivity index (χ0n) is 17.6. The minimum atomic E-state index is -0.979. The maximum Gasteiger partial charge on any atom is 0.144 e. The molecule has 0 spiro atoms. The molecule has 4 radical (unpaired) electrons. The summed E-state index contributed by atoms with van der Waals surface area (Å²) in [6, 6.07) is 16.6. The molecule has 5 rings (SSSR count). The third kappa shape index (κ3) is 2.83. The molecule has 144 valence electrons. The van der Waals surface area contributed by atoms with Gasteiger partial charge in [-0.25, -0.2) is 0 Å². The molecule has 5 heteroatoms. The van der Waals surface area contributed by atoms with Crippen LogP contribution in [0.5, 0.6) is 0 Å². The monoisotopic (exact) mass is 405 g/mol.